The first kappa shape index (κ1) is 9.58. The number of carbonyl (C=O) groups is 2. The van der Waals surface area contributed by atoms with Crippen molar-refractivity contribution in [1.29, 1.82) is 0 Å². The normalized spacial score (nSPS) is 23.8. The molecule has 0 aromatic heterocycles. The molecule has 0 unspecified atom stereocenters. The summed E-state index contributed by atoms with van der Waals surface area (Å²) in [5.74, 6) is -0.280. The van der Waals surface area contributed by atoms with E-state index in [-0.39, 0.29) is 23.0 Å². The van der Waals surface area contributed by atoms with Crippen molar-refractivity contribution in [2.24, 2.45) is 5.92 Å². The lowest BCUT2D eigenvalue weighted by molar-refractivity contribution is -0.143. The van der Waals surface area contributed by atoms with Crippen LogP contribution in [0, 0.1) is 5.92 Å². The third-order valence-electron chi connectivity index (χ3n) is 1.86. The van der Waals surface area contributed by atoms with E-state index in [1.54, 1.807) is 13.8 Å². The largest absolute Gasteiger partial charge is 0.281 e. The molecule has 1 atom stereocenters. The van der Waals surface area contributed by atoms with E-state index in [1.807, 2.05) is 0 Å². The average molecular weight is 187 g/mol. The lowest BCUT2D eigenvalue weighted by atomic mass is 10.2. The van der Waals surface area contributed by atoms with Crippen molar-refractivity contribution in [3.05, 3.63) is 0 Å². The minimum atomic E-state index is -0.104. The van der Waals surface area contributed by atoms with Gasteiger partial charge in [0.05, 0.1) is 0 Å². The molecule has 0 aromatic rings. The molecule has 1 aliphatic rings. The van der Waals surface area contributed by atoms with Crippen LogP contribution in [0.2, 0.25) is 0 Å². The van der Waals surface area contributed by atoms with Gasteiger partial charge in [0.15, 0.2) is 0 Å². The summed E-state index contributed by atoms with van der Waals surface area (Å²) in [6.45, 7) is 4.06. The SMILES string of the molecule is CC(C)C(=O)N1C[C@H](S)CC1=O. The van der Waals surface area contributed by atoms with E-state index < -0.39 is 0 Å². The van der Waals surface area contributed by atoms with Crippen LogP contribution >= 0.6 is 12.6 Å². The van der Waals surface area contributed by atoms with Crippen LogP contribution in [0.15, 0.2) is 0 Å². The van der Waals surface area contributed by atoms with Gasteiger partial charge in [0.2, 0.25) is 11.8 Å². The fourth-order valence-electron chi connectivity index (χ4n) is 1.21. The Labute approximate surface area is 77.5 Å². The van der Waals surface area contributed by atoms with Crippen LogP contribution in [0.4, 0.5) is 0 Å². The zero-order chi connectivity index (χ0) is 9.30. The number of nitrogens with zero attached hydrogens (tertiary/aromatic N) is 1. The molecule has 1 rings (SSSR count). The first-order chi connectivity index (χ1) is 5.52. The maximum absolute atomic E-state index is 11.4. The number of hydrogen-bond donors (Lipinski definition) is 1. The van der Waals surface area contributed by atoms with E-state index in [4.69, 9.17) is 0 Å². The maximum atomic E-state index is 11.4. The maximum Gasteiger partial charge on any atom is 0.231 e. The molecule has 1 fully saturated rings. The summed E-state index contributed by atoms with van der Waals surface area (Å²) >= 11 is 4.16. The third kappa shape index (κ3) is 1.80. The number of carbonyl (C=O) groups excluding carboxylic acids is 2. The second-order valence-corrected chi connectivity index (χ2v) is 4.09. The van der Waals surface area contributed by atoms with E-state index in [0.717, 1.165) is 0 Å². The average Bonchev–Trinajstić information content (AvgIpc) is 2.28. The molecule has 1 saturated heterocycles. The lowest BCUT2D eigenvalue weighted by Crippen LogP contribution is -2.35. The number of amides is 2. The summed E-state index contributed by atoms with van der Waals surface area (Å²) < 4.78 is 0. The molecule has 0 spiro atoms. The van der Waals surface area contributed by atoms with Gasteiger partial charge >= 0.3 is 0 Å². The van der Waals surface area contributed by atoms with Crippen molar-refractivity contribution in [3.8, 4) is 0 Å². The van der Waals surface area contributed by atoms with Gasteiger partial charge < -0.3 is 0 Å². The van der Waals surface area contributed by atoms with Gasteiger partial charge in [-0.15, -0.1) is 0 Å². The van der Waals surface area contributed by atoms with Crippen molar-refractivity contribution in [1.82, 2.24) is 4.90 Å². The molecule has 0 saturated carbocycles. The quantitative estimate of drug-likeness (QED) is 0.614. The number of rotatable bonds is 1. The molecular weight excluding hydrogens is 174 g/mol. The van der Waals surface area contributed by atoms with Crippen LogP contribution in [0.3, 0.4) is 0 Å². The van der Waals surface area contributed by atoms with Crippen molar-refractivity contribution in [2.75, 3.05) is 6.54 Å². The van der Waals surface area contributed by atoms with Crippen molar-refractivity contribution in [2.45, 2.75) is 25.5 Å². The molecule has 12 heavy (non-hydrogen) atoms. The zero-order valence-corrected chi connectivity index (χ0v) is 8.17. The van der Waals surface area contributed by atoms with Crippen LogP contribution in [-0.4, -0.2) is 28.5 Å². The van der Waals surface area contributed by atoms with E-state index in [1.165, 1.54) is 4.90 Å². The molecule has 1 heterocycles. The Kier molecular flexibility index (Phi) is 2.77. The minimum Gasteiger partial charge on any atom is -0.281 e. The Morgan fingerprint density at radius 1 is 1.67 bits per heavy atom. The highest BCUT2D eigenvalue weighted by Gasteiger charge is 2.32. The van der Waals surface area contributed by atoms with Crippen molar-refractivity contribution < 1.29 is 9.59 Å². The summed E-state index contributed by atoms with van der Waals surface area (Å²) in [7, 11) is 0. The molecular formula is C8H13NO2S. The summed E-state index contributed by atoms with van der Waals surface area (Å²) in [6, 6.07) is 0. The number of likely N-dealkylation sites (tertiary alicyclic amines) is 1. The van der Waals surface area contributed by atoms with Gasteiger partial charge in [0.1, 0.15) is 0 Å². The van der Waals surface area contributed by atoms with E-state index in [2.05, 4.69) is 12.6 Å². The molecule has 0 bridgehead atoms. The summed E-state index contributed by atoms with van der Waals surface area (Å²) in [6.07, 6.45) is 0.390. The third-order valence-corrected chi connectivity index (χ3v) is 2.21. The second kappa shape index (κ2) is 3.47. The smallest absolute Gasteiger partial charge is 0.231 e. The zero-order valence-electron chi connectivity index (χ0n) is 7.28. The summed E-state index contributed by atoms with van der Waals surface area (Å²) in [5, 5.41) is 0.0280. The Hall–Kier alpha value is -0.510. The molecule has 4 heteroatoms. The van der Waals surface area contributed by atoms with Gasteiger partial charge in [-0.2, -0.15) is 12.6 Å². The van der Waals surface area contributed by atoms with Crippen LogP contribution in [-0.2, 0) is 9.59 Å². The van der Waals surface area contributed by atoms with Gasteiger partial charge in [-0.25, -0.2) is 0 Å². The van der Waals surface area contributed by atoms with Gasteiger partial charge in [-0.1, -0.05) is 13.8 Å². The van der Waals surface area contributed by atoms with E-state index >= 15 is 0 Å². The highest BCUT2D eigenvalue weighted by molar-refractivity contribution is 7.81. The molecule has 2 amide bonds. The first-order valence-corrected chi connectivity index (χ1v) is 4.56. The number of hydrogen-bond acceptors (Lipinski definition) is 3. The standard InChI is InChI=1S/C8H13NO2S/c1-5(2)8(11)9-4-6(12)3-7(9)10/h5-6,12H,3-4H2,1-2H3/t6-/m1/s1. The fourth-order valence-corrected chi connectivity index (χ4v) is 1.53. The monoisotopic (exact) mass is 187 g/mol. The Balaban J connectivity index is 2.64. The van der Waals surface area contributed by atoms with Crippen LogP contribution < -0.4 is 0 Å². The first-order valence-electron chi connectivity index (χ1n) is 4.04. The Morgan fingerprint density at radius 2 is 2.25 bits per heavy atom. The molecule has 0 aromatic carbocycles. The summed E-state index contributed by atoms with van der Waals surface area (Å²) in [4.78, 5) is 23.9. The highest BCUT2D eigenvalue weighted by Crippen LogP contribution is 2.17. The van der Waals surface area contributed by atoms with Crippen LogP contribution in [0.1, 0.15) is 20.3 Å². The Morgan fingerprint density at radius 3 is 2.58 bits per heavy atom. The predicted molar refractivity (Wildman–Crippen MR) is 48.9 cm³/mol. The minimum absolute atomic E-state index is 0.0280. The second-order valence-electron chi connectivity index (χ2n) is 3.36. The fraction of sp³-hybridized carbons (Fsp3) is 0.750. The van der Waals surface area contributed by atoms with E-state index in [0.29, 0.717) is 13.0 Å². The van der Waals surface area contributed by atoms with Crippen molar-refractivity contribution >= 4 is 24.4 Å². The molecule has 3 nitrogen and oxygen atoms in total. The molecule has 0 N–H and O–H groups in total. The topological polar surface area (TPSA) is 37.4 Å². The molecule has 1 aliphatic heterocycles. The Bertz CT molecular complexity index is 215. The highest BCUT2D eigenvalue weighted by atomic mass is 32.1. The molecule has 68 valence electrons. The molecule has 0 aliphatic carbocycles. The number of thiol groups is 1. The lowest BCUT2D eigenvalue weighted by Gasteiger charge is -2.15. The van der Waals surface area contributed by atoms with Gasteiger partial charge in [0, 0.05) is 24.1 Å². The molecule has 0 radical (unpaired) electrons. The van der Waals surface area contributed by atoms with Gasteiger partial charge in [0.25, 0.3) is 0 Å². The van der Waals surface area contributed by atoms with Crippen LogP contribution in [0.25, 0.3) is 0 Å². The predicted octanol–water partition coefficient (Wildman–Crippen LogP) is 0.700. The number of imide groups is 1. The van der Waals surface area contributed by atoms with Crippen molar-refractivity contribution in [3.63, 3.8) is 0 Å². The van der Waals surface area contributed by atoms with Crippen LogP contribution in [0.5, 0.6) is 0 Å². The van der Waals surface area contributed by atoms with E-state index in [9.17, 15) is 9.59 Å². The van der Waals surface area contributed by atoms with Gasteiger partial charge in [-0.3, -0.25) is 14.5 Å². The van der Waals surface area contributed by atoms with Gasteiger partial charge in [-0.05, 0) is 0 Å². The summed E-state index contributed by atoms with van der Waals surface area (Å²) in [5.41, 5.74) is 0.